The first-order chi connectivity index (χ1) is 17.7. The summed E-state index contributed by atoms with van der Waals surface area (Å²) in [5.41, 5.74) is 3.72. The number of fused-ring (bicyclic) bond motifs is 2. The minimum atomic E-state index is -3.99. The van der Waals surface area contributed by atoms with E-state index >= 15 is 0 Å². The Labute approximate surface area is 218 Å². The number of anilines is 1. The van der Waals surface area contributed by atoms with E-state index in [0.717, 1.165) is 36.3 Å². The Hall–Kier alpha value is -3.49. The van der Waals surface area contributed by atoms with E-state index in [9.17, 15) is 18.0 Å². The fourth-order valence-electron chi connectivity index (χ4n) is 5.09. The molecule has 2 amide bonds. The summed E-state index contributed by atoms with van der Waals surface area (Å²) >= 11 is 0. The monoisotopic (exact) mass is 517 g/mol. The molecule has 2 heterocycles. The number of sulfone groups is 1. The molecular formula is C29H31N3O4S. The minimum absolute atomic E-state index is 0.0144. The molecule has 8 heteroatoms. The maximum Gasteiger partial charge on any atom is 0.259 e. The van der Waals surface area contributed by atoms with Gasteiger partial charge in [-0.3, -0.25) is 9.59 Å². The Morgan fingerprint density at radius 1 is 0.892 bits per heavy atom. The van der Waals surface area contributed by atoms with E-state index in [4.69, 9.17) is 0 Å². The molecule has 2 aliphatic rings. The van der Waals surface area contributed by atoms with Crippen LogP contribution in [-0.4, -0.2) is 62.8 Å². The maximum atomic E-state index is 13.9. The molecule has 37 heavy (non-hydrogen) atoms. The van der Waals surface area contributed by atoms with E-state index in [1.54, 1.807) is 35.2 Å². The lowest BCUT2D eigenvalue weighted by Gasteiger charge is -2.34. The van der Waals surface area contributed by atoms with E-state index in [-0.39, 0.29) is 33.5 Å². The molecule has 2 aliphatic heterocycles. The Kier molecular flexibility index (Phi) is 6.64. The molecule has 1 saturated heterocycles. The molecule has 1 fully saturated rings. The van der Waals surface area contributed by atoms with Crippen molar-refractivity contribution in [1.82, 2.24) is 9.80 Å². The zero-order valence-electron chi connectivity index (χ0n) is 21.4. The smallest absolute Gasteiger partial charge is 0.259 e. The molecule has 0 radical (unpaired) electrons. The van der Waals surface area contributed by atoms with Crippen LogP contribution >= 0.6 is 0 Å². The Bertz CT molecular complexity index is 1490. The summed E-state index contributed by atoms with van der Waals surface area (Å²) < 4.78 is 27.5. The van der Waals surface area contributed by atoms with Crippen LogP contribution in [0, 0.1) is 13.8 Å². The van der Waals surface area contributed by atoms with Gasteiger partial charge in [0.2, 0.25) is 9.84 Å². The average molecular weight is 518 g/mol. The highest BCUT2D eigenvalue weighted by atomic mass is 32.2. The molecule has 0 N–H and O–H groups in total. The van der Waals surface area contributed by atoms with Crippen molar-refractivity contribution < 1.29 is 18.0 Å². The van der Waals surface area contributed by atoms with Crippen LogP contribution in [0.15, 0.2) is 70.5 Å². The summed E-state index contributed by atoms with van der Waals surface area (Å²) in [5, 5.41) is 0. The van der Waals surface area contributed by atoms with E-state index < -0.39 is 15.7 Å². The number of nitrogens with zero attached hydrogens (tertiary/aromatic N) is 3. The first-order valence-electron chi connectivity index (χ1n) is 12.6. The number of carbonyl (C=O) groups is 2. The summed E-state index contributed by atoms with van der Waals surface area (Å²) in [5.74, 6) is -0.558. The summed E-state index contributed by atoms with van der Waals surface area (Å²) in [6.45, 7) is 10.0. The van der Waals surface area contributed by atoms with E-state index in [2.05, 4.69) is 11.8 Å². The fourth-order valence-corrected chi connectivity index (χ4v) is 6.72. The Morgan fingerprint density at radius 2 is 1.62 bits per heavy atom. The third-order valence-electron chi connectivity index (χ3n) is 7.38. The largest absolute Gasteiger partial charge is 0.336 e. The molecule has 3 aromatic carbocycles. The average Bonchev–Trinajstić information content (AvgIpc) is 2.98. The molecule has 3 aromatic rings. The normalized spacial score (nSPS) is 17.2. The van der Waals surface area contributed by atoms with Crippen molar-refractivity contribution in [2.45, 2.75) is 37.1 Å². The second kappa shape index (κ2) is 9.76. The Morgan fingerprint density at radius 3 is 2.35 bits per heavy atom. The second-order valence-electron chi connectivity index (χ2n) is 9.73. The zero-order chi connectivity index (χ0) is 26.3. The molecule has 192 valence electrons. The van der Waals surface area contributed by atoms with Crippen molar-refractivity contribution in [1.29, 1.82) is 0 Å². The highest BCUT2D eigenvalue weighted by Gasteiger charge is 2.36. The molecule has 0 aromatic heterocycles. The summed E-state index contributed by atoms with van der Waals surface area (Å²) in [6.07, 6.45) is 0. The van der Waals surface area contributed by atoms with Crippen molar-refractivity contribution in [3.8, 4) is 0 Å². The predicted octanol–water partition coefficient (Wildman–Crippen LogP) is 4.07. The van der Waals surface area contributed by atoms with Crippen molar-refractivity contribution in [2.75, 3.05) is 37.6 Å². The van der Waals surface area contributed by atoms with Gasteiger partial charge < -0.3 is 14.7 Å². The van der Waals surface area contributed by atoms with E-state index in [0.29, 0.717) is 18.7 Å². The third-order valence-corrected chi connectivity index (χ3v) is 9.24. The van der Waals surface area contributed by atoms with E-state index in [1.807, 2.05) is 32.0 Å². The number of carbonyl (C=O) groups excluding carboxylic acids is 2. The summed E-state index contributed by atoms with van der Waals surface area (Å²) in [7, 11) is -3.99. The van der Waals surface area contributed by atoms with Crippen molar-refractivity contribution in [3.05, 3.63) is 88.5 Å². The molecular weight excluding hydrogens is 486 g/mol. The van der Waals surface area contributed by atoms with Gasteiger partial charge in [-0.15, -0.1) is 0 Å². The SMILES string of the molecule is CCN1CCN(C(=O)c2ccc3c(c2)N(Cc2cc(C)ccc2C)C(=O)c2ccccc2S3(=O)=O)CC1. The number of piperazine rings is 1. The third kappa shape index (κ3) is 4.55. The quantitative estimate of drug-likeness (QED) is 0.521. The maximum absolute atomic E-state index is 13.9. The van der Waals surface area contributed by atoms with Crippen LogP contribution in [0.4, 0.5) is 5.69 Å². The molecule has 0 saturated carbocycles. The molecule has 0 atom stereocenters. The minimum Gasteiger partial charge on any atom is -0.336 e. The van der Waals surface area contributed by atoms with Gasteiger partial charge in [0.1, 0.15) is 0 Å². The van der Waals surface area contributed by atoms with Gasteiger partial charge in [0.25, 0.3) is 11.8 Å². The molecule has 0 unspecified atom stereocenters. The first-order valence-corrected chi connectivity index (χ1v) is 14.1. The van der Waals surface area contributed by atoms with Crippen LogP contribution in [-0.2, 0) is 16.4 Å². The lowest BCUT2D eigenvalue weighted by Crippen LogP contribution is -2.48. The lowest BCUT2D eigenvalue weighted by molar-refractivity contribution is 0.0643. The number of benzene rings is 3. The van der Waals surface area contributed by atoms with Gasteiger partial charge >= 0.3 is 0 Å². The van der Waals surface area contributed by atoms with Gasteiger partial charge in [0, 0.05) is 31.7 Å². The van der Waals surface area contributed by atoms with Crippen LogP contribution in [0.1, 0.15) is 44.3 Å². The zero-order valence-corrected chi connectivity index (χ0v) is 22.2. The number of aryl methyl sites for hydroxylation is 2. The molecule has 5 rings (SSSR count). The molecule has 7 nitrogen and oxygen atoms in total. The lowest BCUT2D eigenvalue weighted by atomic mass is 10.0. The molecule has 0 bridgehead atoms. The number of amides is 2. The predicted molar refractivity (Wildman–Crippen MR) is 143 cm³/mol. The first kappa shape index (κ1) is 25.2. The number of hydrogen-bond donors (Lipinski definition) is 0. The van der Waals surface area contributed by atoms with E-state index in [1.165, 1.54) is 17.0 Å². The molecule has 0 spiro atoms. The van der Waals surface area contributed by atoms with Gasteiger partial charge in [-0.2, -0.15) is 0 Å². The number of likely N-dealkylation sites (N-methyl/N-ethyl adjacent to an activating group) is 1. The number of rotatable bonds is 4. The summed E-state index contributed by atoms with van der Waals surface area (Å²) in [6, 6.07) is 17.0. The van der Waals surface area contributed by atoms with Gasteiger partial charge in [-0.05, 0) is 61.9 Å². The van der Waals surface area contributed by atoms with Crippen LogP contribution in [0.25, 0.3) is 0 Å². The highest BCUT2D eigenvalue weighted by molar-refractivity contribution is 7.91. The standard InChI is InChI=1S/C29H31N3O4S/c1-4-30-13-15-31(16-14-30)28(33)22-11-12-27-25(18-22)32(19-23-17-20(2)9-10-21(23)3)29(34)24-7-5-6-8-26(24)37(27,35)36/h5-12,17-18H,4,13-16,19H2,1-3H3. The topological polar surface area (TPSA) is 78.0 Å². The van der Waals surface area contributed by atoms with Crippen LogP contribution in [0.2, 0.25) is 0 Å². The van der Waals surface area contributed by atoms with Crippen LogP contribution < -0.4 is 4.90 Å². The second-order valence-corrected chi connectivity index (χ2v) is 11.6. The van der Waals surface area contributed by atoms with Crippen molar-refractivity contribution in [3.63, 3.8) is 0 Å². The van der Waals surface area contributed by atoms with Gasteiger partial charge in [-0.25, -0.2) is 8.42 Å². The van der Waals surface area contributed by atoms with Crippen molar-refractivity contribution in [2.24, 2.45) is 0 Å². The Balaban J connectivity index is 1.63. The van der Waals surface area contributed by atoms with Gasteiger partial charge in [-0.1, -0.05) is 42.8 Å². The van der Waals surface area contributed by atoms with Gasteiger partial charge in [0.05, 0.1) is 27.6 Å². The van der Waals surface area contributed by atoms with Gasteiger partial charge in [0.15, 0.2) is 0 Å². The fraction of sp³-hybridized carbons (Fsp3) is 0.310. The van der Waals surface area contributed by atoms with Crippen LogP contribution in [0.5, 0.6) is 0 Å². The molecule has 0 aliphatic carbocycles. The summed E-state index contributed by atoms with van der Waals surface area (Å²) in [4.78, 5) is 33.0. The van der Waals surface area contributed by atoms with Crippen LogP contribution in [0.3, 0.4) is 0 Å². The van der Waals surface area contributed by atoms with Crippen molar-refractivity contribution >= 4 is 27.3 Å². The number of hydrogen-bond acceptors (Lipinski definition) is 5. The highest BCUT2D eigenvalue weighted by Crippen LogP contribution is 2.38.